The normalized spacial score (nSPS) is 34.4. The molecule has 0 aromatic heterocycles. The third-order valence-corrected chi connectivity index (χ3v) is 5.13. The highest BCUT2D eigenvalue weighted by molar-refractivity contribution is 4.94. The molecule has 2 rings (SSSR count). The van der Waals surface area contributed by atoms with Crippen molar-refractivity contribution in [2.75, 3.05) is 0 Å². The molecule has 0 spiro atoms. The largest absolute Gasteiger partial charge is 0.390 e. The van der Waals surface area contributed by atoms with E-state index in [-0.39, 0.29) is 12.3 Å². The molecule has 0 amide bonds. The van der Waals surface area contributed by atoms with E-state index in [2.05, 4.69) is 0 Å². The molecule has 0 bridgehead atoms. The van der Waals surface area contributed by atoms with Crippen LogP contribution in [0.3, 0.4) is 0 Å². The fourth-order valence-electron chi connectivity index (χ4n) is 4.13. The van der Waals surface area contributed by atoms with Crippen LogP contribution < -0.4 is 0 Å². The average Bonchev–Trinajstić information content (AvgIpc) is 2.37. The summed E-state index contributed by atoms with van der Waals surface area (Å²) in [6.07, 6.45) is 4.11. The molecule has 0 aliphatic heterocycles. The Balaban J connectivity index is 2.00. The fourth-order valence-corrected chi connectivity index (χ4v) is 4.13. The van der Waals surface area contributed by atoms with Crippen LogP contribution in [0.2, 0.25) is 0 Å². The van der Waals surface area contributed by atoms with Gasteiger partial charge in [0.15, 0.2) is 0 Å². The maximum absolute atomic E-state index is 12.4. The summed E-state index contributed by atoms with van der Waals surface area (Å²) in [5.74, 6) is 0.552. The third kappa shape index (κ3) is 4.11. The molecule has 4 heteroatoms. The lowest BCUT2D eigenvalue weighted by molar-refractivity contribution is -0.160. The van der Waals surface area contributed by atoms with Crippen LogP contribution in [0, 0.1) is 11.8 Å². The Morgan fingerprint density at radius 1 is 0.947 bits per heavy atom. The molecule has 112 valence electrons. The van der Waals surface area contributed by atoms with Crippen molar-refractivity contribution in [3.63, 3.8) is 0 Å². The summed E-state index contributed by atoms with van der Waals surface area (Å²) < 4.78 is 37.3. The minimum Gasteiger partial charge on any atom is -0.390 e. The van der Waals surface area contributed by atoms with Gasteiger partial charge in [-0.25, -0.2) is 0 Å². The first-order valence-corrected chi connectivity index (χ1v) is 7.70. The van der Waals surface area contributed by atoms with Crippen molar-refractivity contribution < 1.29 is 18.3 Å². The molecule has 1 N–H and O–H groups in total. The van der Waals surface area contributed by atoms with Gasteiger partial charge in [0, 0.05) is 6.42 Å². The summed E-state index contributed by atoms with van der Waals surface area (Å²) in [6, 6.07) is 0. The Morgan fingerprint density at radius 2 is 1.58 bits per heavy atom. The maximum atomic E-state index is 12.4. The average molecular weight is 278 g/mol. The molecule has 2 unspecified atom stereocenters. The smallest absolute Gasteiger partial charge is 0.389 e. The van der Waals surface area contributed by atoms with E-state index in [0.29, 0.717) is 12.3 Å². The maximum Gasteiger partial charge on any atom is 0.389 e. The molecule has 2 aliphatic carbocycles. The van der Waals surface area contributed by atoms with Gasteiger partial charge in [0.05, 0.1) is 5.60 Å². The van der Waals surface area contributed by atoms with E-state index >= 15 is 0 Å². The minimum atomic E-state index is -4.15. The first kappa shape index (κ1) is 15.1. The van der Waals surface area contributed by atoms with Gasteiger partial charge in [0.1, 0.15) is 0 Å². The monoisotopic (exact) mass is 278 g/mol. The molecular weight excluding hydrogens is 253 g/mol. The molecule has 0 saturated heterocycles. The SMILES string of the molecule is OC1(CCC(F)(F)F)CCCCC1C1CCCCC1. The number of aliphatic hydroxyl groups is 1. The molecule has 0 aromatic carbocycles. The van der Waals surface area contributed by atoms with Gasteiger partial charge in [-0.1, -0.05) is 44.9 Å². The molecule has 2 fully saturated rings. The predicted molar refractivity (Wildman–Crippen MR) is 68.8 cm³/mol. The van der Waals surface area contributed by atoms with E-state index in [4.69, 9.17) is 0 Å². The number of rotatable bonds is 3. The third-order valence-electron chi connectivity index (χ3n) is 5.13. The van der Waals surface area contributed by atoms with Crippen LogP contribution in [0.15, 0.2) is 0 Å². The van der Waals surface area contributed by atoms with Gasteiger partial charge in [0.25, 0.3) is 0 Å². The van der Waals surface area contributed by atoms with Gasteiger partial charge in [-0.15, -0.1) is 0 Å². The van der Waals surface area contributed by atoms with Gasteiger partial charge in [0.2, 0.25) is 0 Å². The number of hydrogen-bond acceptors (Lipinski definition) is 1. The lowest BCUT2D eigenvalue weighted by Gasteiger charge is -2.45. The second-order valence-electron chi connectivity index (χ2n) is 6.47. The summed E-state index contributed by atoms with van der Waals surface area (Å²) in [4.78, 5) is 0. The van der Waals surface area contributed by atoms with Crippen molar-refractivity contribution in [1.29, 1.82) is 0 Å². The van der Waals surface area contributed by atoms with Crippen LogP contribution in [0.5, 0.6) is 0 Å². The van der Waals surface area contributed by atoms with Crippen molar-refractivity contribution in [3.05, 3.63) is 0 Å². The van der Waals surface area contributed by atoms with Crippen LogP contribution in [0.4, 0.5) is 13.2 Å². The molecule has 0 heterocycles. The molecule has 2 saturated carbocycles. The lowest BCUT2D eigenvalue weighted by atomic mass is 9.64. The number of halogens is 3. The summed E-state index contributed by atoms with van der Waals surface area (Å²) in [7, 11) is 0. The zero-order chi connectivity index (χ0) is 13.9. The van der Waals surface area contributed by atoms with Crippen LogP contribution >= 0.6 is 0 Å². The molecular formula is C15H25F3O. The van der Waals surface area contributed by atoms with E-state index < -0.39 is 18.2 Å². The standard InChI is InChI=1S/C15H25F3O/c16-15(17,18)11-10-14(19)9-5-4-8-13(14)12-6-2-1-3-7-12/h12-13,19H,1-11H2. The molecule has 0 radical (unpaired) electrons. The fraction of sp³-hybridized carbons (Fsp3) is 1.00. The molecule has 19 heavy (non-hydrogen) atoms. The van der Waals surface area contributed by atoms with Crippen molar-refractivity contribution in [1.82, 2.24) is 0 Å². The van der Waals surface area contributed by atoms with Crippen LogP contribution in [0.1, 0.15) is 70.6 Å². The first-order chi connectivity index (χ1) is 8.91. The summed E-state index contributed by atoms with van der Waals surface area (Å²) in [5.41, 5.74) is -1.06. The molecule has 1 nitrogen and oxygen atoms in total. The first-order valence-electron chi connectivity index (χ1n) is 7.70. The van der Waals surface area contributed by atoms with Gasteiger partial charge in [-0.3, -0.25) is 0 Å². The quantitative estimate of drug-likeness (QED) is 0.784. The highest BCUT2D eigenvalue weighted by atomic mass is 19.4. The Labute approximate surface area is 113 Å². The zero-order valence-electron chi connectivity index (χ0n) is 11.5. The molecule has 2 aliphatic rings. The lowest BCUT2D eigenvalue weighted by Crippen LogP contribution is -2.45. The predicted octanol–water partition coefficient (Wildman–Crippen LogP) is 4.83. The molecule has 0 aromatic rings. The van der Waals surface area contributed by atoms with Crippen LogP contribution in [-0.2, 0) is 0 Å². The van der Waals surface area contributed by atoms with Crippen molar-refractivity contribution in [2.45, 2.75) is 82.4 Å². The Hall–Kier alpha value is -0.250. The van der Waals surface area contributed by atoms with E-state index in [1.54, 1.807) is 0 Å². The zero-order valence-corrected chi connectivity index (χ0v) is 11.5. The molecule has 2 atom stereocenters. The van der Waals surface area contributed by atoms with Crippen molar-refractivity contribution >= 4 is 0 Å². The van der Waals surface area contributed by atoms with Gasteiger partial charge in [-0.2, -0.15) is 13.2 Å². The summed E-state index contributed by atoms with van der Waals surface area (Å²) in [5, 5.41) is 10.7. The Kier molecular flexibility index (Phi) is 4.80. The highest BCUT2D eigenvalue weighted by Crippen LogP contribution is 2.46. The van der Waals surface area contributed by atoms with E-state index in [1.165, 1.54) is 19.3 Å². The van der Waals surface area contributed by atoms with Gasteiger partial charge in [-0.05, 0) is 31.1 Å². The second kappa shape index (κ2) is 6.02. The Morgan fingerprint density at radius 3 is 2.21 bits per heavy atom. The second-order valence-corrected chi connectivity index (χ2v) is 6.47. The summed E-state index contributed by atoms with van der Waals surface area (Å²) in [6.45, 7) is 0. The minimum absolute atomic E-state index is 0.0995. The Bertz CT molecular complexity index is 284. The van der Waals surface area contributed by atoms with Crippen LogP contribution in [-0.4, -0.2) is 16.9 Å². The van der Waals surface area contributed by atoms with E-state index in [1.807, 2.05) is 0 Å². The topological polar surface area (TPSA) is 20.2 Å². The summed E-state index contributed by atoms with van der Waals surface area (Å²) >= 11 is 0. The van der Waals surface area contributed by atoms with Crippen LogP contribution in [0.25, 0.3) is 0 Å². The number of alkyl halides is 3. The highest BCUT2D eigenvalue weighted by Gasteiger charge is 2.44. The van der Waals surface area contributed by atoms with Gasteiger partial charge < -0.3 is 5.11 Å². The van der Waals surface area contributed by atoms with E-state index in [0.717, 1.165) is 32.1 Å². The van der Waals surface area contributed by atoms with E-state index in [9.17, 15) is 18.3 Å². The van der Waals surface area contributed by atoms with Crippen molar-refractivity contribution in [3.8, 4) is 0 Å². The van der Waals surface area contributed by atoms with Gasteiger partial charge >= 0.3 is 6.18 Å². The number of hydrogen-bond donors (Lipinski definition) is 1. The van der Waals surface area contributed by atoms with Crippen molar-refractivity contribution in [2.24, 2.45) is 11.8 Å².